The molecule has 1 aromatic carbocycles. The fourth-order valence-electron chi connectivity index (χ4n) is 4.81. The van der Waals surface area contributed by atoms with E-state index < -0.39 is 0 Å². The third-order valence-electron chi connectivity index (χ3n) is 6.31. The van der Waals surface area contributed by atoms with E-state index in [0.717, 1.165) is 35.7 Å². The first-order chi connectivity index (χ1) is 15.1. The Hall–Kier alpha value is -3.35. The van der Waals surface area contributed by atoms with Gasteiger partial charge in [-0.25, -0.2) is 4.68 Å². The van der Waals surface area contributed by atoms with Crippen LogP contribution in [-0.4, -0.2) is 33.6 Å². The average Bonchev–Trinajstić information content (AvgIpc) is 3.43. The molecule has 0 bridgehead atoms. The van der Waals surface area contributed by atoms with Crippen molar-refractivity contribution >= 4 is 17.4 Å². The van der Waals surface area contributed by atoms with Crippen molar-refractivity contribution in [2.24, 2.45) is 0 Å². The summed E-state index contributed by atoms with van der Waals surface area (Å²) in [6.07, 6.45) is 2.82. The highest BCUT2D eigenvalue weighted by atomic mass is 16.3. The fourth-order valence-corrected chi connectivity index (χ4v) is 4.81. The highest BCUT2D eigenvalue weighted by Crippen LogP contribution is 2.44. The van der Waals surface area contributed by atoms with Gasteiger partial charge in [-0.2, -0.15) is 10.1 Å². The van der Waals surface area contributed by atoms with Crippen LogP contribution in [0.25, 0.3) is 0 Å². The highest BCUT2D eigenvalue weighted by Gasteiger charge is 2.40. The van der Waals surface area contributed by atoms with E-state index in [-0.39, 0.29) is 17.7 Å². The predicted octanol–water partition coefficient (Wildman–Crippen LogP) is 4.44. The number of hydrogen-bond acceptors (Lipinski definition) is 6. The Morgan fingerprint density at radius 2 is 1.94 bits per heavy atom. The lowest BCUT2D eigenvalue weighted by molar-refractivity contribution is -0.117. The number of benzene rings is 1. The zero-order valence-corrected chi connectivity index (χ0v) is 18.1. The second kappa shape index (κ2) is 7.72. The van der Waals surface area contributed by atoms with Gasteiger partial charge in [-0.05, 0) is 57.0 Å². The van der Waals surface area contributed by atoms with Gasteiger partial charge < -0.3 is 14.6 Å². The molecule has 0 amide bonds. The number of aromatic nitrogens is 3. The number of ketones is 1. The summed E-state index contributed by atoms with van der Waals surface area (Å²) < 4.78 is 7.46. The maximum atomic E-state index is 13.4. The highest BCUT2D eigenvalue weighted by molar-refractivity contribution is 6.00. The van der Waals surface area contributed by atoms with Crippen LogP contribution in [0.5, 0.6) is 0 Å². The molecule has 2 aliphatic rings. The molecule has 7 heteroatoms. The Bertz CT molecular complexity index is 1120. The Morgan fingerprint density at radius 1 is 1.16 bits per heavy atom. The van der Waals surface area contributed by atoms with Crippen LogP contribution in [0, 0.1) is 6.92 Å². The fraction of sp³-hybridized carbons (Fsp3) is 0.375. The van der Waals surface area contributed by atoms with E-state index in [1.165, 1.54) is 5.69 Å². The van der Waals surface area contributed by atoms with Crippen molar-refractivity contribution in [2.75, 3.05) is 23.3 Å². The van der Waals surface area contributed by atoms with Crippen molar-refractivity contribution in [1.82, 2.24) is 14.8 Å². The quantitative estimate of drug-likeness (QED) is 0.661. The summed E-state index contributed by atoms with van der Waals surface area (Å²) in [5.41, 5.74) is 3.94. The van der Waals surface area contributed by atoms with Gasteiger partial charge in [0.1, 0.15) is 17.6 Å². The summed E-state index contributed by atoms with van der Waals surface area (Å²) >= 11 is 0. The van der Waals surface area contributed by atoms with Gasteiger partial charge in [0.2, 0.25) is 5.95 Å². The van der Waals surface area contributed by atoms with E-state index in [0.29, 0.717) is 24.6 Å². The molecule has 0 saturated heterocycles. The third kappa shape index (κ3) is 3.34. The van der Waals surface area contributed by atoms with Crippen LogP contribution in [-0.2, 0) is 4.79 Å². The number of rotatable bonds is 5. The molecular weight excluding hydrogens is 390 g/mol. The molecule has 2 atom stereocenters. The number of Topliss-reactive ketones (excluding diaryl/α,β-unsaturated/α-hetero) is 1. The first-order valence-electron chi connectivity index (χ1n) is 10.9. The number of carbonyl (C=O) groups is 1. The Kier molecular flexibility index (Phi) is 4.88. The molecule has 3 heterocycles. The van der Waals surface area contributed by atoms with Crippen LogP contribution < -0.4 is 10.2 Å². The summed E-state index contributed by atoms with van der Waals surface area (Å²) in [7, 11) is 0. The summed E-state index contributed by atoms with van der Waals surface area (Å²) in [6, 6.07) is 12.0. The Morgan fingerprint density at radius 3 is 2.61 bits per heavy atom. The molecule has 7 nitrogen and oxygen atoms in total. The average molecular weight is 418 g/mol. The first kappa shape index (κ1) is 19.6. The Balaban J connectivity index is 1.57. The second-order valence-corrected chi connectivity index (χ2v) is 8.15. The lowest BCUT2D eigenvalue weighted by atomic mass is 9.79. The van der Waals surface area contributed by atoms with Gasteiger partial charge in [-0.15, -0.1) is 0 Å². The summed E-state index contributed by atoms with van der Waals surface area (Å²) in [4.78, 5) is 20.3. The van der Waals surface area contributed by atoms with Crippen LogP contribution >= 0.6 is 0 Å². The van der Waals surface area contributed by atoms with Crippen LogP contribution in [0.3, 0.4) is 0 Å². The van der Waals surface area contributed by atoms with Crippen molar-refractivity contribution in [2.45, 2.75) is 45.6 Å². The van der Waals surface area contributed by atoms with Gasteiger partial charge in [0.25, 0.3) is 0 Å². The number of furan rings is 1. The van der Waals surface area contributed by atoms with E-state index in [2.05, 4.69) is 58.4 Å². The minimum atomic E-state index is -0.275. The molecule has 1 aliphatic heterocycles. The predicted molar refractivity (Wildman–Crippen MR) is 119 cm³/mol. The van der Waals surface area contributed by atoms with Gasteiger partial charge in [0.05, 0.1) is 6.26 Å². The molecule has 0 spiro atoms. The molecule has 1 N–H and O–H groups in total. The normalized spacial score (nSPS) is 20.3. The number of hydrogen-bond donors (Lipinski definition) is 1. The molecule has 2 aromatic heterocycles. The SMILES string of the molecule is CCN(CC)c1ccc([C@@H]2C3=C(C[C@H](c4ccco4)CC3=O)Nc3nc(C)nn32)cc1. The monoisotopic (exact) mass is 417 g/mol. The molecule has 160 valence electrons. The minimum Gasteiger partial charge on any atom is -0.469 e. The summed E-state index contributed by atoms with van der Waals surface area (Å²) in [5.74, 6) is 2.39. The van der Waals surface area contributed by atoms with E-state index in [1.807, 2.05) is 23.7 Å². The van der Waals surface area contributed by atoms with E-state index in [4.69, 9.17) is 4.42 Å². The number of aryl methyl sites for hydroxylation is 1. The van der Waals surface area contributed by atoms with Crippen molar-refractivity contribution in [3.63, 3.8) is 0 Å². The number of fused-ring (bicyclic) bond motifs is 1. The number of anilines is 2. The maximum Gasteiger partial charge on any atom is 0.226 e. The van der Waals surface area contributed by atoms with Crippen LogP contribution in [0.15, 0.2) is 58.3 Å². The zero-order valence-electron chi connectivity index (χ0n) is 18.1. The molecule has 3 aromatic rings. The van der Waals surface area contributed by atoms with Crippen molar-refractivity contribution in [3.05, 3.63) is 71.1 Å². The molecule has 1 aliphatic carbocycles. The molecule has 0 saturated carbocycles. The van der Waals surface area contributed by atoms with Gasteiger partial charge in [0, 0.05) is 42.4 Å². The molecule has 0 unspecified atom stereocenters. The number of allylic oxidation sites excluding steroid dienone is 2. The molecule has 0 fully saturated rings. The molecule has 31 heavy (non-hydrogen) atoms. The van der Waals surface area contributed by atoms with Crippen molar-refractivity contribution in [1.29, 1.82) is 0 Å². The number of carbonyl (C=O) groups excluding carboxylic acids is 1. The molecule has 0 radical (unpaired) electrons. The largest absolute Gasteiger partial charge is 0.469 e. The molecular formula is C24H27N5O2. The topological polar surface area (TPSA) is 76.2 Å². The van der Waals surface area contributed by atoms with Crippen molar-refractivity contribution < 1.29 is 9.21 Å². The zero-order chi connectivity index (χ0) is 21.5. The first-order valence-corrected chi connectivity index (χ1v) is 10.9. The van der Waals surface area contributed by atoms with Crippen molar-refractivity contribution in [3.8, 4) is 0 Å². The standard InChI is InChI=1S/C24H27N5O2/c1-4-28(5-2)18-10-8-16(9-11-18)23-22-19(26-24-25-15(3)27-29(23)24)13-17(14-20(22)30)21-7-6-12-31-21/h6-12,17,23H,4-5,13-14H2,1-3H3,(H,25,26,27)/t17-,23+/m0/s1. The summed E-state index contributed by atoms with van der Waals surface area (Å²) in [5, 5.41) is 8.01. The van der Waals surface area contributed by atoms with Crippen LogP contribution in [0.4, 0.5) is 11.6 Å². The minimum absolute atomic E-state index is 0.0370. The number of nitrogens with zero attached hydrogens (tertiary/aromatic N) is 4. The molecule has 5 rings (SSSR count). The maximum absolute atomic E-state index is 13.4. The van der Waals surface area contributed by atoms with E-state index >= 15 is 0 Å². The summed E-state index contributed by atoms with van der Waals surface area (Å²) in [6.45, 7) is 8.10. The van der Waals surface area contributed by atoms with Crippen LogP contribution in [0.2, 0.25) is 0 Å². The lowest BCUT2D eigenvalue weighted by Gasteiger charge is -2.34. The number of nitrogens with one attached hydrogen (secondary N) is 1. The van der Waals surface area contributed by atoms with E-state index in [9.17, 15) is 4.79 Å². The second-order valence-electron chi connectivity index (χ2n) is 8.15. The van der Waals surface area contributed by atoms with Crippen LogP contribution in [0.1, 0.15) is 55.8 Å². The van der Waals surface area contributed by atoms with Gasteiger partial charge >= 0.3 is 0 Å². The lowest BCUT2D eigenvalue weighted by Crippen LogP contribution is -2.33. The van der Waals surface area contributed by atoms with Gasteiger partial charge in [-0.3, -0.25) is 4.79 Å². The van der Waals surface area contributed by atoms with Gasteiger partial charge in [0.15, 0.2) is 5.78 Å². The smallest absolute Gasteiger partial charge is 0.226 e. The van der Waals surface area contributed by atoms with E-state index in [1.54, 1.807) is 6.26 Å². The third-order valence-corrected chi connectivity index (χ3v) is 6.31. The Labute approximate surface area is 181 Å². The van der Waals surface area contributed by atoms with Gasteiger partial charge in [-0.1, -0.05) is 12.1 Å².